The molecule has 0 aliphatic rings. The van der Waals surface area contributed by atoms with E-state index < -0.39 is 0 Å². The number of aryl methyl sites for hydroxylation is 2. The van der Waals surface area contributed by atoms with E-state index in [-0.39, 0.29) is 6.10 Å². The molecule has 28 heavy (non-hydrogen) atoms. The van der Waals surface area contributed by atoms with Gasteiger partial charge in [0.1, 0.15) is 5.75 Å². The Kier molecular flexibility index (Phi) is 6.81. The molecule has 0 spiro atoms. The van der Waals surface area contributed by atoms with E-state index in [0.29, 0.717) is 6.54 Å². The summed E-state index contributed by atoms with van der Waals surface area (Å²) in [4.78, 5) is 0. The van der Waals surface area contributed by atoms with E-state index in [1.807, 2.05) is 47.9 Å². The molecule has 0 radical (unpaired) electrons. The average Bonchev–Trinajstić information content (AvgIpc) is 3.06. The fourth-order valence-electron chi connectivity index (χ4n) is 2.94. The van der Waals surface area contributed by atoms with Gasteiger partial charge in [-0.25, -0.2) is 0 Å². The Hall–Kier alpha value is -2.24. The fourth-order valence-corrected chi connectivity index (χ4v) is 4.18. The molecule has 1 unspecified atom stereocenters. The summed E-state index contributed by atoms with van der Waals surface area (Å²) in [6.45, 7) is 10.6. The lowest BCUT2D eigenvalue weighted by atomic mass is 10.1. The first kappa shape index (κ1) is 20.5. The van der Waals surface area contributed by atoms with Crippen LogP contribution in [0.4, 0.5) is 0 Å². The van der Waals surface area contributed by atoms with E-state index in [1.165, 1.54) is 5.56 Å². The van der Waals surface area contributed by atoms with Gasteiger partial charge >= 0.3 is 0 Å². The molecule has 1 aromatic heterocycles. The Balaban J connectivity index is 1.79. The topological polar surface area (TPSA) is 39.9 Å². The van der Waals surface area contributed by atoms with Gasteiger partial charge < -0.3 is 4.74 Å². The normalized spacial score (nSPS) is 12.0. The molecular formula is C22H24ClN3OS. The van der Waals surface area contributed by atoms with Crippen molar-refractivity contribution in [3.63, 3.8) is 0 Å². The van der Waals surface area contributed by atoms with Gasteiger partial charge in [-0.3, -0.25) is 4.57 Å². The van der Waals surface area contributed by atoms with Crippen molar-refractivity contribution in [3.8, 4) is 5.75 Å². The van der Waals surface area contributed by atoms with Crippen molar-refractivity contribution >= 4 is 23.4 Å². The lowest BCUT2D eigenvalue weighted by molar-refractivity contribution is 0.209. The Morgan fingerprint density at radius 3 is 2.71 bits per heavy atom. The molecular weight excluding hydrogens is 390 g/mol. The van der Waals surface area contributed by atoms with Crippen molar-refractivity contribution in [2.24, 2.45) is 0 Å². The summed E-state index contributed by atoms with van der Waals surface area (Å²) in [5.41, 5.74) is 3.39. The summed E-state index contributed by atoms with van der Waals surface area (Å²) in [6.07, 6.45) is 1.61. The molecule has 2 aromatic carbocycles. The zero-order valence-corrected chi connectivity index (χ0v) is 17.9. The third-order valence-corrected chi connectivity index (χ3v) is 5.75. The first-order chi connectivity index (χ1) is 13.5. The number of hydrogen-bond acceptors (Lipinski definition) is 4. The first-order valence-corrected chi connectivity index (χ1v) is 10.5. The van der Waals surface area contributed by atoms with E-state index >= 15 is 0 Å². The van der Waals surface area contributed by atoms with Gasteiger partial charge in [0.25, 0.3) is 0 Å². The zero-order chi connectivity index (χ0) is 20.1. The van der Waals surface area contributed by atoms with Crippen LogP contribution in [0.3, 0.4) is 0 Å². The zero-order valence-electron chi connectivity index (χ0n) is 16.4. The molecule has 3 rings (SSSR count). The number of allylic oxidation sites excluding steroid dienone is 1. The molecule has 0 aliphatic heterocycles. The fraction of sp³-hybridized carbons (Fsp3) is 0.273. The Labute approximate surface area is 175 Å². The van der Waals surface area contributed by atoms with Gasteiger partial charge in [-0.1, -0.05) is 65.3 Å². The molecule has 0 bridgehead atoms. The van der Waals surface area contributed by atoms with Crippen LogP contribution in [-0.4, -0.2) is 14.8 Å². The molecule has 0 N–H and O–H groups in total. The van der Waals surface area contributed by atoms with Gasteiger partial charge in [-0.15, -0.1) is 16.8 Å². The molecule has 0 fully saturated rings. The Morgan fingerprint density at radius 2 is 2.00 bits per heavy atom. The first-order valence-electron chi connectivity index (χ1n) is 9.13. The number of aromatic nitrogens is 3. The van der Waals surface area contributed by atoms with E-state index in [4.69, 9.17) is 16.3 Å². The minimum absolute atomic E-state index is 0.233. The van der Waals surface area contributed by atoms with Gasteiger partial charge in [-0.05, 0) is 44.0 Å². The molecule has 4 nitrogen and oxygen atoms in total. The standard InChI is InChI=1S/C22H24ClN3OS/c1-5-12-26-21(17(4)27-20-11-10-15(2)13-16(20)3)24-25-22(26)28-14-18-8-6-7-9-19(18)23/h5-11,13,17H,1,12,14H2,2-4H3. The lowest BCUT2D eigenvalue weighted by Crippen LogP contribution is -2.12. The second-order valence-electron chi connectivity index (χ2n) is 6.65. The number of thioether (sulfide) groups is 1. The third kappa shape index (κ3) is 4.78. The van der Waals surface area contributed by atoms with Crippen LogP contribution in [0.5, 0.6) is 5.75 Å². The van der Waals surface area contributed by atoms with Crippen molar-refractivity contribution in [3.05, 3.63) is 82.7 Å². The summed E-state index contributed by atoms with van der Waals surface area (Å²) in [6, 6.07) is 14.0. The molecule has 146 valence electrons. The van der Waals surface area contributed by atoms with Gasteiger partial charge in [0.05, 0.1) is 0 Å². The molecule has 1 atom stereocenters. The number of rotatable bonds is 8. The molecule has 0 saturated heterocycles. The van der Waals surface area contributed by atoms with Crippen LogP contribution in [-0.2, 0) is 12.3 Å². The van der Waals surface area contributed by atoms with Crippen molar-refractivity contribution in [2.75, 3.05) is 0 Å². The second-order valence-corrected chi connectivity index (χ2v) is 8.00. The maximum absolute atomic E-state index is 6.27. The van der Waals surface area contributed by atoms with E-state index in [0.717, 1.165) is 38.6 Å². The smallest absolute Gasteiger partial charge is 0.191 e. The number of benzene rings is 2. The van der Waals surface area contributed by atoms with Crippen LogP contribution in [0.15, 0.2) is 60.3 Å². The highest BCUT2D eigenvalue weighted by molar-refractivity contribution is 7.98. The number of ether oxygens (including phenoxy) is 1. The largest absolute Gasteiger partial charge is 0.482 e. The van der Waals surface area contributed by atoms with Crippen LogP contribution in [0.1, 0.15) is 35.5 Å². The second kappa shape index (κ2) is 9.30. The molecule has 0 saturated carbocycles. The molecule has 1 heterocycles. The van der Waals surface area contributed by atoms with Gasteiger partial charge in [0, 0.05) is 17.3 Å². The maximum atomic E-state index is 6.27. The SMILES string of the molecule is C=CCn1c(SCc2ccccc2Cl)nnc1C(C)Oc1ccc(C)cc1C. The predicted molar refractivity (Wildman–Crippen MR) is 116 cm³/mol. The van der Waals surface area contributed by atoms with Crippen molar-refractivity contribution in [2.45, 2.75) is 44.3 Å². The van der Waals surface area contributed by atoms with Gasteiger partial charge in [-0.2, -0.15) is 0 Å². The minimum atomic E-state index is -0.233. The van der Waals surface area contributed by atoms with Crippen LogP contribution >= 0.6 is 23.4 Å². The number of halogens is 1. The molecule has 6 heteroatoms. The Bertz CT molecular complexity index is 970. The monoisotopic (exact) mass is 413 g/mol. The van der Waals surface area contributed by atoms with Gasteiger partial charge in [0.2, 0.25) is 0 Å². The van der Waals surface area contributed by atoms with Crippen LogP contribution in [0.2, 0.25) is 5.02 Å². The van der Waals surface area contributed by atoms with Crippen LogP contribution < -0.4 is 4.74 Å². The average molecular weight is 414 g/mol. The van der Waals surface area contributed by atoms with E-state index in [2.05, 4.69) is 42.8 Å². The summed E-state index contributed by atoms with van der Waals surface area (Å²) >= 11 is 7.88. The highest BCUT2D eigenvalue weighted by Gasteiger charge is 2.20. The number of nitrogens with zero attached hydrogens (tertiary/aromatic N) is 3. The third-order valence-electron chi connectivity index (χ3n) is 4.37. The van der Waals surface area contributed by atoms with Gasteiger partial charge in [0.15, 0.2) is 17.1 Å². The van der Waals surface area contributed by atoms with Crippen LogP contribution in [0.25, 0.3) is 0 Å². The molecule has 0 amide bonds. The van der Waals surface area contributed by atoms with Crippen LogP contribution in [0, 0.1) is 13.8 Å². The maximum Gasteiger partial charge on any atom is 0.191 e. The highest BCUT2D eigenvalue weighted by Crippen LogP contribution is 2.29. The van der Waals surface area contributed by atoms with E-state index in [1.54, 1.807) is 11.8 Å². The minimum Gasteiger partial charge on any atom is -0.482 e. The van der Waals surface area contributed by atoms with Crippen molar-refractivity contribution < 1.29 is 4.74 Å². The summed E-state index contributed by atoms with van der Waals surface area (Å²) < 4.78 is 8.22. The molecule has 3 aromatic rings. The summed E-state index contributed by atoms with van der Waals surface area (Å²) in [7, 11) is 0. The predicted octanol–water partition coefficient (Wildman–Crippen LogP) is 6.17. The van der Waals surface area contributed by atoms with Crippen molar-refractivity contribution in [1.82, 2.24) is 14.8 Å². The quantitative estimate of drug-likeness (QED) is 0.327. The van der Waals surface area contributed by atoms with E-state index in [9.17, 15) is 0 Å². The lowest BCUT2D eigenvalue weighted by Gasteiger charge is -2.17. The summed E-state index contributed by atoms with van der Waals surface area (Å²) in [5, 5.41) is 10.4. The molecule has 0 aliphatic carbocycles. The number of hydrogen-bond donors (Lipinski definition) is 0. The van der Waals surface area contributed by atoms with Crippen molar-refractivity contribution in [1.29, 1.82) is 0 Å². The Morgan fingerprint density at radius 1 is 1.21 bits per heavy atom. The highest BCUT2D eigenvalue weighted by atomic mass is 35.5. The summed E-state index contributed by atoms with van der Waals surface area (Å²) in [5.74, 6) is 2.36.